The van der Waals surface area contributed by atoms with Crippen molar-refractivity contribution in [3.05, 3.63) is 29.8 Å². The second-order valence-electron chi connectivity index (χ2n) is 7.39. The average Bonchev–Trinajstić information content (AvgIpc) is 2.86. The molecule has 0 fully saturated rings. The predicted molar refractivity (Wildman–Crippen MR) is 101 cm³/mol. The summed E-state index contributed by atoms with van der Waals surface area (Å²) in [5.74, 6) is -0.451. The highest BCUT2D eigenvalue weighted by Gasteiger charge is 2.39. The third kappa shape index (κ3) is 3.49. The van der Waals surface area contributed by atoms with Crippen LogP contribution in [0.15, 0.2) is 24.3 Å². The molecule has 0 saturated heterocycles. The first-order valence-corrected chi connectivity index (χ1v) is 11.5. The Balaban J connectivity index is 2.46. The molecule has 0 radical (unpaired) electrons. The molecule has 6 heteroatoms. The number of phenolic OH excluding ortho intramolecular Hbond substituents is 2. The molecule has 2 N–H and O–H groups in total. The highest BCUT2D eigenvalue weighted by molar-refractivity contribution is 7.17. The molecular weight excluding hydrogens is 340 g/mol. The van der Waals surface area contributed by atoms with Crippen LogP contribution in [0.5, 0.6) is 16.6 Å². The number of hydrogen-bond donors (Lipinski definition) is 2. The number of Topliss-reactive ketones (excluding diaryl/α,β-unsaturated/α-hetero) is 1. The topological polar surface area (TPSA) is 66.8 Å². The summed E-state index contributed by atoms with van der Waals surface area (Å²) in [7, 11) is -1.96. The van der Waals surface area contributed by atoms with Gasteiger partial charge in [-0.25, -0.2) is 0 Å². The highest BCUT2D eigenvalue weighted by Crippen LogP contribution is 2.45. The quantitative estimate of drug-likeness (QED) is 0.432. The van der Waals surface area contributed by atoms with Crippen molar-refractivity contribution in [2.24, 2.45) is 0 Å². The second kappa shape index (κ2) is 6.26. The van der Waals surface area contributed by atoms with Gasteiger partial charge in [-0.1, -0.05) is 20.8 Å². The van der Waals surface area contributed by atoms with Crippen molar-refractivity contribution in [2.75, 3.05) is 0 Å². The average molecular weight is 365 g/mol. The van der Waals surface area contributed by atoms with E-state index in [-0.39, 0.29) is 27.9 Å². The molecule has 0 amide bonds. The number of carbonyl (C=O) groups excluding carboxylic acids is 1. The minimum absolute atomic E-state index is 0.0290. The number of hydrogen-bond acceptors (Lipinski definition) is 5. The zero-order chi connectivity index (χ0) is 18.3. The van der Waals surface area contributed by atoms with Crippen LogP contribution in [-0.4, -0.2) is 24.3 Å². The molecular formula is C18H24O4SSi. The lowest BCUT2D eigenvalue weighted by atomic mass is 10.0. The monoisotopic (exact) mass is 364 g/mol. The smallest absolute Gasteiger partial charge is 0.251 e. The van der Waals surface area contributed by atoms with Crippen molar-refractivity contribution >= 4 is 25.4 Å². The van der Waals surface area contributed by atoms with Crippen molar-refractivity contribution in [2.45, 2.75) is 45.8 Å². The van der Waals surface area contributed by atoms with Crippen LogP contribution in [0.1, 0.15) is 38.1 Å². The standard InChI is InChI=1S/C18H24O4SSi/c1-11(19)16-12(20)7-8-13(21)17(16)14-9-10-15(23-14)22-24(5,6)18(2,3)4/h7-10,20-21H,1-6H3. The number of rotatable bonds is 4. The lowest BCUT2D eigenvalue weighted by Crippen LogP contribution is -2.43. The molecule has 2 aromatic rings. The summed E-state index contributed by atoms with van der Waals surface area (Å²) in [6, 6.07) is 6.39. The maximum absolute atomic E-state index is 11.9. The van der Waals surface area contributed by atoms with Crippen LogP contribution in [0.3, 0.4) is 0 Å². The zero-order valence-corrected chi connectivity index (χ0v) is 16.7. The van der Waals surface area contributed by atoms with E-state index in [1.54, 1.807) is 0 Å². The van der Waals surface area contributed by atoms with E-state index in [4.69, 9.17) is 4.43 Å². The number of carbonyl (C=O) groups is 1. The maximum atomic E-state index is 11.9. The van der Waals surface area contributed by atoms with Crippen LogP contribution < -0.4 is 4.43 Å². The van der Waals surface area contributed by atoms with Crippen LogP contribution in [-0.2, 0) is 0 Å². The van der Waals surface area contributed by atoms with Gasteiger partial charge in [0, 0.05) is 10.4 Å². The molecule has 0 aliphatic rings. The van der Waals surface area contributed by atoms with Crippen molar-refractivity contribution in [3.8, 4) is 27.0 Å². The Hall–Kier alpha value is -1.79. The molecule has 0 spiro atoms. The molecule has 130 valence electrons. The molecule has 0 unspecified atom stereocenters. The summed E-state index contributed by atoms with van der Waals surface area (Å²) in [4.78, 5) is 12.6. The van der Waals surface area contributed by atoms with Gasteiger partial charge in [0.15, 0.2) is 10.8 Å². The van der Waals surface area contributed by atoms with Gasteiger partial charge < -0.3 is 14.6 Å². The van der Waals surface area contributed by atoms with Crippen LogP contribution in [0, 0.1) is 0 Å². The molecule has 0 bridgehead atoms. The Morgan fingerprint density at radius 2 is 1.67 bits per heavy atom. The van der Waals surface area contributed by atoms with E-state index < -0.39 is 8.32 Å². The second-order valence-corrected chi connectivity index (χ2v) is 13.2. The number of ketones is 1. The molecule has 4 nitrogen and oxygen atoms in total. The van der Waals surface area contributed by atoms with Gasteiger partial charge in [0.05, 0.1) is 5.56 Å². The normalized spacial score (nSPS) is 12.2. The molecule has 1 aromatic carbocycles. The Bertz CT molecular complexity index is 772. The summed E-state index contributed by atoms with van der Waals surface area (Å²) in [6.07, 6.45) is 0. The summed E-state index contributed by atoms with van der Waals surface area (Å²) >= 11 is 1.37. The lowest BCUT2D eigenvalue weighted by molar-refractivity contribution is 0.101. The fourth-order valence-corrected chi connectivity index (χ4v) is 4.57. The minimum atomic E-state index is -1.96. The predicted octanol–water partition coefficient (Wildman–Crippen LogP) is 5.41. The van der Waals surface area contributed by atoms with Crippen molar-refractivity contribution in [1.29, 1.82) is 0 Å². The number of phenols is 2. The van der Waals surface area contributed by atoms with Gasteiger partial charge in [0.25, 0.3) is 8.32 Å². The zero-order valence-electron chi connectivity index (χ0n) is 14.9. The first-order chi connectivity index (χ1) is 10.9. The molecule has 0 aliphatic heterocycles. The Kier molecular flexibility index (Phi) is 4.83. The van der Waals surface area contributed by atoms with Gasteiger partial charge in [-0.05, 0) is 49.3 Å². The van der Waals surface area contributed by atoms with Crippen molar-refractivity contribution in [1.82, 2.24) is 0 Å². The van der Waals surface area contributed by atoms with Gasteiger partial charge >= 0.3 is 0 Å². The third-order valence-electron chi connectivity index (χ3n) is 4.50. The minimum Gasteiger partial charge on any atom is -0.537 e. The SMILES string of the molecule is CC(=O)c1c(O)ccc(O)c1-c1ccc(O[Si](C)(C)C(C)(C)C)s1. The van der Waals surface area contributed by atoms with E-state index in [0.717, 1.165) is 5.06 Å². The van der Waals surface area contributed by atoms with Gasteiger partial charge in [-0.3, -0.25) is 4.79 Å². The number of benzene rings is 1. The molecule has 0 atom stereocenters. The maximum Gasteiger partial charge on any atom is 0.251 e. The first kappa shape index (κ1) is 18.5. The fraction of sp³-hybridized carbons (Fsp3) is 0.389. The van der Waals surface area contributed by atoms with Crippen LogP contribution in [0.2, 0.25) is 18.1 Å². The molecule has 2 rings (SSSR count). The molecule has 1 aromatic heterocycles. The summed E-state index contributed by atoms with van der Waals surface area (Å²) < 4.78 is 6.27. The van der Waals surface area contributed by atoms with Gasteiger partial charge in [-0.15, -0.1) is 11.3 Å². The van der Waals surface area contributed by atoms with Crippen molar-refractivity contribution < 1.29 is 19.4 Å². The van der Waals surface area contributed by atoms with Crippen LogP contribution in [0.25, 0.3) is 10.4 Å². The van der Waals surface area contributed by atoms with Gasteiger partial charge in [0.1, 0.15) is 11.5 Å². The lowest BCUT2D eigenvalue weighted by Gasteiger charge is -2.35. The fourth-order valence-electron chi connectivity index (χ4n) is 2.10. The van der Waals surface area contributed by atoms with Gasteiger partial charge in [0.2, 0.25) is 0 Å². The summed E-state index contributed by atoms with van der Waals surface area (Å²) in [6.45, 7) is 12.2. The van der Waals surface area contributed by atoms with E-state index in [2.05, 4.69) is 33.9 Å². The largest absolute Gasteiger partial charge is 0.537 e. The van der Waals surface area contributed by atoms with E-state index in [9.17, 15) is 15.0 Å². The first-order valence-electron chi connectivity index (χ1n) is 7.79. The Labute approximate surface area is 147 Å². The van der Waals surface area contributed by atoms with Crippen LogP contribution >= 0.6 is 11.3 Å². The molecule has 24 heavy (non-hydrogen) atoms. The Morgan fingerprint density at radius 1 is 1.08 bits per heavy atom. The van der Waals surface area contributed by atoms with E-state index in [1.807, 2.05) is 12.1 Å². The summed E-state index contributed by atoms with van der Waals surface area (Å²) in [5.41, 5.74) is 0.494. The van der Waals surface area contributed by atoms with Crippen molar-refractivity contribution in [3.63, 3.8) is 0 Å². The molecule has 1 heterocycles. The molecule has 0 aliphatic carbocycles. The summed E-state index contributed by atoms with van der Waals surface area (Å²) in [5, 5.41) is 21.0. The molecule has 0 saturated carbocycles. The van der Waals surface area contributed by atoms with E-state index >= 15 is 0 Å². The Morgan fingerprint density at radius 3 is 2.21 bits per heavy atom. The van der Waals surface area contributed by atoms with Crippen LogP contribution in [0.4, 0.5) is 0 Å². The van der Waals surface area contributed by atoms with Gasteiger partial charge in [-0.2, -0.15) is 0 Å². The number of thiophene rings is 1. The third-order valence-corrected chi connectivity index (χ3v) is 9.97. The van der Waals surface area contributed by atoms with E-state index in [0.29, 0.717) is 10.4 Å². The highest BCUT2D eigenvalue weighted by atomic mass is 32.1. The van der Waals surface area contributed by atoms with E-state index in [1.165, 1.54) is 30.4 Å². The number of aromatic hydroxyl groups is 2.